The van der Waals surface area contributed by atoms with Crippen molar-refractivity contribution in [2.75, 3.05) is 13.7 Å². The number of imide groups is 1. The molecule has 0 unspecified atom stereocenters. The topological polar surface area (TPSA) is 79.6 Å². The summed E-state index contributed by atoms with van der Waals surface area (Å²) in [5.74, 6) is 0.513. The number of amides is 2. The summed E-state index contributed by atoms with van der Waals surface area (Å²) in [6.07, 6.45) is 1.67. The zero-order valence-electron chi connectivity index (χ0n) is 18.7. The second-order valence-corrected chi connectivity index (χ2v) is 7.97. The van der Waals surface area contributed by atoms with Crippen LogP contribution in [0.25, 0.3) is 6.08 Å². The quantitative estimate of drug-likeness (QED) is 0.477. The summed E-state index contributed by atoms with van der Waals surface area (Å²) < 4.78 is 11.2. The molecule has 6 heteroatoms. The van der Waals surface area contributed by atoms with Crippen LogP contribution in [0.2, 0.25) is 0 Å². The Morgan fingerprint density at radius 3 is 2.41 bits per heavy atom. The van der Waals surface area contributed by atoms with Gasteiger partial charge in [0.2, 0.25) is 0 Å². The second kappa shape index (κ2) is 9.97. The van der Waals surface area contributed by atoms with E-state index in [4.69, 9.17) is 9.47 Å². The highest BCUT2D eigenvalue weighted by atomic mass is 16.5. The van der Waals surface area contributed by atoms with Gasteiger partial charge in [0.15, 0.2) is 11.5 Å². The molecule has 2 aromatic carbocycles. The predicted molar refractivity (Wildman–Crippen MR) is 122 cm³/mol. The fraction of sp³-hybridized carbons (Fsp3) is 0.269. The van der Waals surface area contributed by atoms with Crippen molar-refractivity contribution in [2.45, 2.75) is 27.3 Å². The summed E-state index contributed by atoms with van der Waals surface area (Å²) >= 11 is 0. The zero-order chi connectivity index (χ0) is 23.3. The Hall–Kier alpha value is -3.85. The largest absolute Gasteiger partial charge is 0.493 e. The van der Waals surface area contributed by atoms with E-state index in [1.54, 1.807) is 32.2 Å². The molecule has 0 bridgehead atoms. The van der Waals surface area contributed by atoms with E-state index in [1.165, 1.54) is 0 Å². The van der Waals surface area contributed by atoms with Crippen molar-refractivity contribution in [3.63, 3.8) is 0 Å². The Labute approximate surface area is 188 Å². The van der Waals surface area contributed by atoms with Gasteiger partial charge in [-0.25, -0.2) is 0 Å². The van der Waals surface area contributed by atoms with Crippen LogP contribution >= 0.6 is 0 Å². The highest BCUT2D eigenvalue weighted by molar-refractivity contribution is 6.19. The normalized spacial score (nSPS) is 15.4. The Morgan fingerprint density at radius 1 is 1.06 bits per heavy atom. The lowest BCUT2D eigenvalue weighted by atomic mass is 9.93. The first-order chi connectivity index (χ1) is 15.3. The van der Waals surface area contributed by atoms with Crippen molar-refractivity contribution in [2.24, 2.45) is 5.92 Å². The van der Waals surface area contributed by atoms with Crippen LogP contribution in [-0.4, -0.2) is 30.4 Å². The van der Waals surface area contributed by atoms with E-state index in [-0.39, 0.29) is 12.1 Å². The molecule has 0 atom stereocenters. The van der Waals surface area contributed by atoms with E-state index in [0.29, 0.717) is 40.7 Å². The number of carbonyl (C=O) groups excluding carboxylic acids is 2. The molecule has 0 N–H and O–H groups in total. The highest BCUT2D eigenvalue weighted by Gasteiger charge is 2.35. The van der Waals surface area contributed by atoms with Crippen LogP contribution in [0.4, 0.5) is 0 Å². The van der Waals surface area contributed by atoms with E-state index in [2.05, 4.69) is 13.8 Å². The summed E-state index contributed by atoms with van der Waals surface area (Å²) in [6.45, 7) is 6.39. The monoisotopic (exact) mass is 430 g/mol. The Balaban J connectivity index is 1.99. The minimum atomic E-state index is -0.578. The van der Waals surface area contributed by atoms with E-state index in [9.17, 15) is 14.9 Å². The molecule has 164 valence electrons. The van der Waals surface area contributed by atoms with E-state index < -0.39 is 11.8 Å². The minimum Gasteiger partial charge on any atom is -0.493 e. The van der Waals surface area contributed by atoms with Crippen LogP contribution in [0.5, 0.6) is 11.5 Å². The van der Waals surface area contributed by atoms with Crippen LogP contribution in [0, 0.1) is 17.2 Å². The Morgan fingerprint density at radius 2 is 1.78 bits per heavy atom. The number of nitriles is 1. The molecule has 2 aromatic rings. The number of benzene rings is 2. The summed E-state index contributed by atoms with van der Waals surface area (Å²) in [5.41, 5.74) is 2.14. The summed E-state index contributed by atoms with van der Waals surface area (Å²) in [7, 11) is 1.56. The third kappa shape index (κ3) is 4.89. The van der Waals surface area contributed by atoms with Gasteiger partial charge in [0.1, 0.15) is 11.6 Å². The summed E-state index contributed by atoms with van der Waals surface area (Å²) in [4.78, 5) is 27.2. The first-order valence-corrected chi connectivity index (χ1v) is 10.4. The molecule has 0 fully saturated rings. The maximum absolute atomic E-state index is 13.3. The van der Waals surface area contributed by atoms with Crippen LogP contribution < -0.4 is 9.47 Å². The highest BCUT2D eigenvalue weighted by Crippen LogP contribution is 2.32. The number of hydrogen-bond acceptors (Lipinski definition) is 5. The third-order valence-corrected chi connectivity index (χ3v) is 5.08. The third-order valence-electron chi connectivity index (χ3n) is 5.08. The molecule has 1 aliphatic rings. The van der Waals surface area contributed by atoms with Gasteiger partial charge in [-0.05, 0) is 47.8 Å². The van der Waals surface area contributed by atoms with Gasteiger partial charge < -0.3 is 9.47 Å². The molecule has 0 radical (unpaired) electrons. The van der Waals surface area contributed by atoms with Crippen molar-refractivity contribution in [1.82, 2.24) is 4.90 Å². The lowest BCUT2D eigenvalue weighted by Crippen LogP contribution is -2.42. The standard InChI is InChI=1S/C26H26N2O4/c1-17(2)16-32-23-11-10-20(13-24(23)31-4)12-21-18(3)22(14-27)26(30)28(25(21)29)15-19-8-6-5-7-9-19/h5-13,17H,15-16H2,1-4H3/b21-12+. The van der Waals surface area contributed by atoms with Gasteiger partial charge in [-0.15, -0.1) is 0 Å². The van der Waals surface area contributed by atoms with Crippen LogP contribution in [0.15, 0.2) is 65.3 Å². The molecular formula is C26H26N2O4. The van der Waals surface area contributed by atoms with Crippen LogP contribution in [0.3, 0.4) is 0 Å². The average molecular weight is 431 g/mol. The average Bonchev–Trinajstić information content (AvgIpc) is 2.79. The van der Waals surface area contributed by atoms with E-state index >= 15 is 0 Å². The fourth-order valence-corrected chi connectivity index (χ4v) is 3.36. The zero-order valence-corrected chi connectivity index (χ0v) is 18.7. The molecule has 0 spiro atoms. The molecule has 2 amide bonds. The smallest absolute Gasteiger partial charge is 0.271 e. The van der Waals surface area contributed by atoms with E-state index in [0.717, 1.165) is 10.5 Å². The van der Waals surface area contributed by atoms with Gasteiger partial charge in [0.25, 0.3) is 11.8 Å². The molecule has 0 saturated carbocycles. The van der Waals surface area contributed by atoms with Crippen LogP contribution in [0.1, 0.15) is 31.9 Å². The number of ether oxygens (including phenoxy) is 2. The first-order valence-electron chi connectivity index (χ1n) is 10.4. The SMILES string of the molecule is COc1cc(/C=C2/C(=O)N(Cc3ccccc3)C(=O)C(C#N)=C2C)ccc1OCC(C)C. The maximum Gasteiger partial charge on any atom is 0.271 e. The second-order valence-electron chi connectivity index (χ2n) is 7.97. The van der Waals surface area contributed by atoms with Crippen molar-refractivity contribution in [3.05, 3.63) is 76.4 Å². The summed E-state index contributed by atoms with van der Waals surface area (Å²) in [6, 6.07) is 16.6. The number of methoxy groups -OCH3 is 1. The van der Waals surface area contributed by atoms with E-state index in [1.807, 2.05) is 42.5 Å². The van der Waals surface area contributed by atoms with Crippen molar-refractivity contribution in [3.8, 4) is 17.6 Å². The Bertz CT molecular complexity index is 1120. The molecule has 6 nitrogen and oxygen atoms in total. The molecule has 32 heavy (non-hydrogen) atoms. The number of carbonyl (C=O) groups is 2. The lowest BCUT2D eigenvalue weighted by Gasteiger charge is -2.27. The van der Waals surface area contributed by atoms with Gasteiger partial charge in [-0.3, -0.25) is 14.5 Å². The first kappa shape index (κ1) is 22.8. The molecule has 0 saturated heterocycles. The number of nitrogens with zero attached hydrogens (tertiary/aromatic N) is 2. The molecule has 1 heterocycles. The summed E-state index contributed by atoms with van der Waals surface area (Å²) in [5, 5.41) is 9.58. The molecule has 3 rings (SSSR count). The maximum atomic E-state index is 13.3. The van der Waals surface area contributed by atoms with Gasteiger partial charge in [-0.2, -0.15) is 5.26 Å². The van der Waals surface area contributed by atoms with Crippen molar-refractivity contribution < 1.29 is 19.1 Å². The van der Waals surface area contributed by atoms with Gasteiger partial charge in [-0.1, -0.05) is 50.2 Å². The molecule has 1 aliphatic heterocycles. The fourth-order valence-electron chi connectivity index (χ4n) is 3.36. The van der Waals surface area contributed by atoms with Gasteiger partial charge in [0, 0.05) is 5.57 Å². The molecular weight excluding hydrogens is 404 g/mol. The lowest BCUT2D eigenvalue weighted by molar-refractivity contribution is -0.141. The number of rotatable bonds is 7. The van der Waals surface area contributed by atoms with Gasteiger partial charge >= 0.3 is 0 Å². The van der Waals surface area contributed by atoms with Crippen LogP contribution in [-0.2, 0) is 16.1 Å². The van der Waals surface area contributed by atoms with Crippen molar-refractivity contribution >= 4 is 17.9 Å². The molecule has 0 aromatic heterocycles. The van der Waals surface area contributed by atoms with Crippen molar-refractivity contribution in [1.29, 1.82) is 5.26 Å². The minimum absolute atomic E-state index is 0.0318. The Kier molecular flexibility index (Phi) is 7.11. The van der Waals surface area contributed by atoms with Gasteiger partial charge in [0.05, 0.1) is 20.3 Å². The predicted octanol–water partition coefficient (Wildman–Crippen LogP) is 4.52. The number of hydrogen-bond donors (Lipinski definition) is 0. The molecule has 0 aliphatic carbocycles.